The van der Waals surface area contributed by atoms with E-state index in [0.717, 1.165) is 49.9 Å². The summed E-state index contributed by atoms with van der Waals surface area (Å²) in [6, 6.07) is 18.6. The predicted molar refractivity (Wildman–Crippen MR) is 111 cm³/mol. The molecule has 0 spiro atoms. The zero-order valence-corrected chi connectivity index (χ0v) is 16.0. The number of para-hydroxylation sites is 2. The van der Waals surface area contributed by atoms with Crippen LogP contribution in [0.4, 0.5) is 5.95 Å². The van der Waals surface area contributed by atoms with E-state index >= 15 is 0 Å². The lowest BCUT2D eigenvalue weighted by Crippen LogP contribution is -2.26. The normalized spacial score (nSPS) is 16.2. The minimum absolute atomic E-state index is 0. The average Bonchev–Trinajstić information content (AvgIpc) is 3.31. The summed E-state index contributed by atoms with van der Waals surface area (Å²) in [6.45, 7) is 2.49. The van der Waals surface area contributed by atoms with E-state index in [9.17, 15) is 4.79 Å². The molecule has 2 aromatic carbocycles. The van der Waals surface area contributed by atoms with Gasteiger partial charge in [0, 0.05) is 13.1 Å². The first-order chi connectivity index (χ1) is 12.8. The number of halogens is 1. The number of aryl methyl sites for hydroxylation is 2. The number of hydrogen-bond donors (Lipinski definition) is 2. The lowest BCUT2D eigenvalue weighted by Gasteiger charge is -2.12. The molecule has 1 aliphatic rings. The third-order valence-corrected chi connectivity index (χ3v) is 5.01. The molecule has 2 N–H and O–H groups in total. The summed E-state index contributed by atoms with van der Waals surface area (Å²) in [7, 11) is 0. The standard InChI is InChI=1S/C21H24N4O.ClH/c26-20(17-12-13-22-15-17)24-21-23-18-10-4-5-11-19(18)25(21)14-6-9-16-7-2-1-3-8-16;/h1-5,7-8,10-11,17,22H,6,9,12-15H2,(H,23,24,26);1H. The molecule has 2 heterocycles. The Morgan fingerprint density at radius 1 is 1.15 bits per heavy atom. The fourth-order valence-electron chi connectivity index (χ4n) is 3.57. The Morgan fingerprint density at radius 2 is 1.93 bits per heavy atom. The molecule has 0 saturated carbocycles. The molecule has 27 heavy (non-hydrogen) atoms. The van der Waals surface area contributed by atoms with Gasteiger partial charge in [0.25, 0.3) is 0 Å². The molecule has 1 unspecified atom stereocenters. The van der Waals surface area contributed by atoms with Crippen LogP contribution >= 0.6 is 12.4 Å². The first kappa shape index (κ1) is 19.4. The first-order valence-electron chi connectivity index (χ1n) is 9.32. The fourth-order valence-corrected chi connectivity index (χ4v) is 3.57. The van der Waals surface area contributed by atoms with Crippen LogP contribution < -0.4 is 10.6 Å². The fraction of sp³-hybridized carbons (Fsp3) is 0.333. The molecule has 1 aliphatic heterocycles. The number of aromatic nitrogens is 2. The molecule has 1 fully saturated rings. The van der Waals surface area contributed by atoms with Crippen LogP contribution in [0.5, 0.6) is 0 Å². The van der Waals surface area contributed by atoms with Gasteiger partial charge in [-0.25, -0.2) is 4.98 Å². The van der Waals surface area contributed by atoms with Crippen molar-refractivity contribution in [2.75, 3.05) is 18.4 Å². The average molecular weight is 385 g/mol. The van der Waals surface area contributed by atoms with E-state index in [1.807, 2.05) is 24.3 Å². The molecule has 1 saturated heterocycles. The molecule has 1 amide bonds. The topological polar surface area (TPSA) is 59.0 Å². The lowest BCUT2D eigenvalue weighted by atomic mass is 10.1. The minimum Gasteiger partial charge on any atom is -0.316 e. The highest BCUT2D eigenvalue weighted by molar-refractivity contribution is 5.93. The highest BCUT2D eigenvalue weighted by Crippen LogP contribution is 2.22. The second-order valence-corrected chi connectivity index (χ2v) is 6.84. The van der Waals surface area contributed by atoms with E-state index in [1.165, 1.54) is 5.56 Å². The number of hydrogen-bond acceptors (Lipinski definition) is 3. The zero-order valence-electron chi connectivity index (χ0n) is 15.2. The van der Waals surface area contributed by atoms with Crippen molar-refractivity contribution in [3.05, 3.63) is 60.2 Å². The first-order valence-corrected chi connectivity index (χ1v) is 9.32. The molecule has 3 aromatic rings. The quantitative estimate of drug-likeness (QED) is 0.682. The van der Waals surface area contributed by atoms with Crippen LogP contribution in [0.3, 0.4) is 0 Å². The maximum atomic E-state index is 12.5. The monoisotopic (exact) mass is 384 g/mol. The highest BCUT2D eigenvalue weighted by atomic mass is 35.5. The highest BCUT2D eigenvalue weighted by Gasteiger charge is 2.24. The summed E-state index contributed by atoms with van der Waals surface area (Å²) in [5.74, 6) is 0.762. The summed E-state index contributed by atoms with van der Waals surface area (Å²) in [5, 5.41) is 6.31. The number of carbonyl (C=O) groups is 1. The van der Waals surface area contributed by atoms with Gasteiger partial charge in [-0.3, -0.25) is 10.1 Å². The number of anilines is 1. The van der Waals surface area contributed by atoms with Crippen molar-refractivity contribution >= 4 is 35.3 Å². The van der Waals surface area contributed by atoms with Crippen LogP contribution in [0.25, 0.3) is 11.0 Å². The van der Waals surface area contributed by atoms with Gasteiger partial charge in [-0.1, -0.05) is 42.5 Å². The molecule has 5 nitrogen and oxygen atoms in total. The molecule has 142 valence electrons. The van der Waals surface area contributed by atoms with Gasteiger partial charge < -0.3 is 9.88 Å². The Bertz CT molecular complexity index is 888. The summed E-state index contributed by atoms with van der Waals surface area (Å²) < 4.78 is 2.14. The molecule has 4 rings (SSSR count). The number of carbonyl (C=O) groups excluding carboxylic acids is 1. The van der Waals surface area contributed by atoms with Gasteiger partial charge in [0.2, 0.25) is 11.9 Å². The van der Waals surface area contributed by atoms with Crippen molar-refractivity contribution in [2.45, 2.75) is 25.8 Å². The SMILES string of the molecule is Cl.O=C(Nc1nc2ccccc2n1CCCc1ccccc1)C1CCNC1. The Kier molecular flexibility index (Phi) is 6.48. The number of fused-ring (bicyclic) bond motifs is 1. The largest absolute Gasteiger partial charge is 0.316 e. The minimum atomic E-state index is 0. The smallest absolute Gasteiger partial charge is 0.231 e. The number of imidazole rings is 1. The van der Waals surface area contributed by atoms with Gasteiger partial charge in [-0.15, -0.1) is 12.4 Å². The summed E-state index contributed by atoms with van der Waals surface area (Å²) >= 11 is 0. The Morgan fingerprint density at radius 3 is 2.70 bits per heavy atom. The van der Waals surface area contributed by atoms with Crippen LogP contribution in [0.15, 0.2) is 54.6 Å². The Balaban J connectivity index is 0.00000210. The van der Waals surface area contributed by atoms with Crippen LogP contribution in [0, 0.1) is 5.92 Å². The molecule has 1 atom stereocenters. The van der Waals surface area contributed by atoms with Gasteiger partial charge in [-0.2, -0.15) is 0 Å². The molecule has 0 radical (unpaired) electrons. The van der Waals surface area contributed by atoms with Gasteiger partial charge in [-0.05, 0) is 43.5 Å². The summed E-state index contributed by atoms with van der Waals surface area (Å²) in [4.78, 5) is 17.2. The van der Waals surface area contributed by atoms with E-state index in [2.05, 4.69) is 50.5 Å². The second-order valence-electron chi connectivity index (χ2n) is 6.84. The third-order valence-electron chi connectivity index (χ3n) is 5.01. The van der Waals surface area contributed by atoms with E-state index in [1.54, 1.807) is 0 Å². The number of amides is 1. The predicted octanol–water partition coefficient (Wildman–Crippen LogP) is 3.64. The van der Waals surface area contributed by atoms with Gasteiger partial charge >= 0.3 is 0 Å². The van der Waals surface area contributed by atoms with Crippen LogP contribution in [0.1, 0.15) is 18.4 Å². The van der Waals surface area contributed by atoms with Crippen molar-refractivity contribution in [1.29, 1.82) is 0 Å². The molecule has 6 heteroatoms. The van der Waals surface area contributed by atoms with E-state index in [4.69, 9.17) is 0 Å². The maximum absolute atomic E-state index is 12.5. The van der Waals surface area contributed by atoms with Gasteiger partial charge in [0.15, 0.2) is 0 Å². The second kappa shape index (κ2) is 9.02. The maximum Gasteiger partial charge on any atom is 0.231 e. The molecular formula is C21H25ClN4O. The molecule has 1 aromatic heterocycles. The number of rotatable bonds is 6. The van der Waals surface area contributed by atoms with Crippen molar-refractivity contribution in [2.24, 2.45) is 5.92 Å². The molecule has 0 aliphatic carbocycles. The van der Waals surface area contributed by atoms with Crippen LogP contribution in [-0.2, 0) is 17.8 Å². The van der Waals surface area contributed by atoms with Gasteiger partial charge in [0.1, 0.15) is 0 Å². The van der Waals surface area contributed by atoms with Crippen molar-refractivity contribution < 1.29 is 4.79 Å². The van der Waals surface area contributed by atoms with Crippen LogP contribution in [0.2, 0.25) is 0 Å². The van der Waals surface area contributed by atoms with Crippen molar-refractivity contribution in [3.63, 3.8) is 0 Å². The van der Waals surface area contributed by atoms with E-state index in [-0.39, 0.29) is 24.2 Å². The number of benzene rings is 2. The Labute approximate surface area is 165 Å². The van der Waals surface area contributed by atoms with Crippen LogP contribution in [-0.4, -0.2) is 28.5 Å². The van der Waals surface area contributed by atoms with Crippen molar-refractivity contribution in [1.82, 2.24) is 14.9 Å². The van der Waals surface area contributed by atoms with Gasteiger partial charge in [0.05, 0.1) is 17.0 Å². The Hall–Kier alpha value is -2.37. The van der Waals surface area contributed by atoms with E-state index < -0.39 is 0 Å². The molecular weight excluding hydrogens is 360 g/mol. The number of nitrogens with zero attached hydrogens (tertiary/aromatic N) is 2. The summed E-state index contributed by atoms with van der Waals surface area (Å²) in [5.41, 5.74) is 3.33. The zero-order chi connectivity index (χ0) is 17.8. The third kappa shape index (κ3) is 4.49. The molecule has 0 bridgehead atoms. The van der Waals surface area contributed by atoms with Crippen molar-refractivity contribution in [3.8, 4) is 0 Å². The summed E-state index contributed by atoms with van der Waals surface area (Å²) in [6.07, 6.45) is 2.89. The lowest BCUT2D eigenvalue weighted by molar-refractivity contribution is -0.119. The number of nitrogens with one attached hydrogen (secondary N) is 2. The van der Waals surface area contributed by atoms with E-state index in [0.29, 0.717) is 5.95 Å².